The lowest BCUT2D eigenvalue weighted by Crippen LogP contribution is -2.35. The van der Waals surface area contributed by atoms with E-state index in [4.69, 9.17) is 0 Å². The minimum Gasteiger partial charge on any atom is -0.348 e. The third kappa shape index (κ3) is 4.08. The van der Waals surface area contributed by atoms with Gasteiger partial charge < -0.3 is 10.3 Å². The van der Waals surface area contributed by atoms with Crippen LogP contribution in [0.5, 0.6) is 0 Å². The Bertz CT molecular complexity index is 1410. The van der Waals surface area contributed by atoms with Crippen LogP contribution in [-0.4, -0.2) is 30.2 Å². The van der Waals surface area contributed by atoms with Crippen molar-refractivity contribution in [3.05, 3.63) is 80.8 Å². The van der Waals surface area contributed by atoms with E-state index in [1.54, 1.807) is 4.57 Å². The number of hydrogen-bond acceptors (Lipinski definition) is 4. The second kappa shape index (κ2) is 8.35. The Morgan fingerprint density at radius 1 is 1.15 bits per heavy atom. The normalized spacial score (nSPS) is 15.5. The number of benzene rings is 2. The quantitative estimate of drug-likeness (QED) is 0.494. The van der Waals surface area contributed by atoms with Gasteiger partial charge in [0.05, 0.1) is 30.0 Å². The molecule has 8 nitrogen and oxygen atoms in total. The van der Waals surface area contributed by atoms with Gasteiger partial charge in [-0.1, -0.05) is 29.8 Å². The molecule has 0 saturated heterocycles. The number of hydrogen-bond donors (Lipinski definition) is 2. The number of carbonyl (C=O) groups excluding carboxylic acids is 1. The number of nitrogens with one attached hydrogen (secondary N) is 2. The zero-order chi connectivity index (χ0) is 23.1. The Kier molecular flexibility index (Phi) is 5.36. The molecule has 8 heteroatoms. The fraction of sp³-hybridized carbons (Fsp3) is 0.360. The lowest BCUT2D eigenvalue weighted by atomic mass is 9.98. The van der Waals surface area contributed by atoms with E-state index in [-0.39, 0.29) is 11.6 Å². The lowest BCUT2D eigenvalue weighted by molar-refractivity contribution is -0.123. The van der Waals surface area contributed by atoms with E-state index in [0.29, 0.717) is 37.7 Å². The highest BCUT2D eigenvalue weighted by Gasteiger charge is 2.31. The number of aryl methyl sites for hydroxylation is 3. The molecule has 4 aromatic rings. The van der Waals surface area contributed by atoms with Gasteiger partial charge in [-0.15, -0.1) is 0 Å². The molecule has 5 rings (SSSR count). The van der Waals surface area contributed by atoms with E-state index in [9.17, 15) is 9.59 Å². The first-order valence-electron chi connectivity index (χ1n) is 11.4. The molecule has 0 saturated carbocycles. The van der Waals surface area contributed by atoms with E-state index in [1.165, 1.54) is 4.68 Å². The molecule has 0 fully saturated rings. The SMILES string of the molecule is Cc1ccc(C)c(Cn2nc3n(c2=O)CCCC3C(=O)NCc2nc3ccc(C)cc3[nH]2)c1. The Morgan fingerprint density at radius 3 is 2.79 bits per heavy atom. The molecule has 0 bridgehead atoms. The number of carbonyl (C=O) groups is 1. The molecule has 0 aliphatic carbocycles. The Labute approximate surface area is 191 Å². The number of amides is 1. The minimum absolute atomic E-state index is 0.128. The number of fused-ring (bicyclic) bond motifs is 2. The summed E-state index contributed by atoms with van der Waals surface area (Å²) in [4.78, 5) is 33.9. The Hall–Kier alpha value is -3.68. The van der Waals surface area contributed by atoms with Gasteiger partial charge in [0.15, 0.2) is 0 Å². The molecule has 2 aromatic heterocycles. The third-order valence-corrected chi connectivity index (χ3v) is 6.40. The van der Waals surface area contributed by atoms with Gasteiger partial charge in [0.2, 0.25) is 5.91 Å². The number of aromatic amines is 1. The van der Waals surface area contributed by atoms with Crippen LogP contribution in [0.4, 0.5) is 0 Å². The highest BCUT2D eigenvalue weighted by molar-refractivity contribution is 5.83. The summed E-state index contributed by atoms with van der Waals surface area (Å²) in [6.45, 7) is 7.39. The van der Waals surface area contributed by atoms with Gasteiger partial charge in [-0.2, -0.15) is 5.10 Å². The molecule has 1 aliphatic rings. The summed E-state index contributed by atoms with van der Waals surface area (Å²) in [7, 11) is 0. The van der Waals surface area contributed by atoms with E-state index in [0.717, 1.165) is 39.7 Å². The van der Waals surface area contributed by atoms with Gasteiger partial charge in [0.25, 0.3) is 0 Å². The van der Waals surface area contributed by atoms with Crippen LogP contribution in [0, 0.1) is 20.8 Å². The highest BCUT2D eigenvalue weighted by atomic mass is 16.2. The van der Waals surface area contributed by atoms with Gasteiger partial charge in [0, 0.05) is 6.54 Å². The first kappa shape index (κ1) is 21.2. The van der Waals surface area contributed by atoms with Crippen LogP contribution in [0.15, 0.2) is 41.2 Å². The number of rotatable bonds is 5. The van der Waals surface area contributed by atoms with E-state index < -0.39 is 5.92 Å². The van der Waals surface area contributed by atoms with Crippen LogP contribution in [0.2, 0.25) is 0 Å². The number of imidazole rings is 1. The summed E-state index contributed by atoms with van der Waals surface area (Å²) in [5.41, 5.74) is 6.15. The third-order valence-electron chi connectivity index (χ3n) is 6.40. The Morgan fingerprint density at radius 2 is 1.94 bits per heavy atom. The predicted molar refractivity (Wildman–Crippen MR) is 126 cm³/mol. The van der Waals surface area contributed by atoms with E-state index >= 15 is 0 Å². The zero-order valence-corrected chi connectivity index (χ0v) is 19.2. The molecule has 3 heterocycles. The highest BCUT2D eigenvalue weighted by Crippen LogP contribution is 2.25. The largest absolute Gasteiger partial charge is 0.348 e. The second-order valence-electron chi connectivity index (χ2n) is 9.00. The number of aromatic nitrogens is 5. The summed E-state index contributed by atoms with van der Waals surface area (Å²) in [5.74, 6) is 0.682. The van der Waals surface area contributed by atoms with Gasteiger partial charge in [-0.25, -0.2) is 14.5 Å². The van der Waals surface area contributed by atoms with Crippen molar-refractivity contribution in [1.29, 1.82) is 0 Å². The van der Waals surface area contributed by atoms with Gasteiger partial charge in [-0.3, -0.25) is 9.36 Å². The molecular weight excluding hydrogens is 416 g/mol. The van der Waals surface area contributed by atoms with E-state index in [1.807, 2.05) is 39.0 Å². The maximum atomic E-state index is 13.1. The van der Waals surface area contributed by atoms with Crippen molar-refractivity contribution in [2.75, 3.05) is 0 Å². The summed E-state index contributed by atoms with van der Waals surface area (Å²) >= 11 is 0. The van der Waals surface area contributed by atoms with Crippen molar-refractivity contribution < 1.29 is 4.79 Å². The minimum atomic E-state index is -0.446. The molecule has 0 radical (unpaired) electrons. The van der Waals surface area contributed by atoms with Gasteiger partial charge in [-0.05, 0) is 62.4 Å². The molecule has 1 unspecified atom stereocenters. The molecule has 33 heavy (non-hydrogen) atoms. The van der Waals surface area contributed by atoms with Gasteiger partial charge in [0.1, 0.15) is 11.6 Å². The van der Waals surface area contributed by atoms with Crippen molar-refractivity contribution in [3.63, 3.8) is 0 Å². The molecule has 1 atom stereocenters. The van der Waals surface area contributed by atoms with Crippen molar-refractivity contribution >= 4 is 16.9 Å². The van der Waals surface area contributed by atoms with Crippen molar-refractivity contribution in [3.8, 4) is 0 Å². The average Bonchev–Trinajstić information content (AvgIpc) is 3.34. The number of H-pyrrole nitrogens is 1. The lowest BCUT2D eigenvalue weighted by Gasteiger charge is -2.20. The summed E-state index contributed by atoms with van der Waals surface area (Å²) in [5, 5.41) is 7.58. The first-order valence-corrected chi connectivity index (χ1v) is 11.4. The van der Waals surface area contributed by atoms with Crippen LogP contribution in [0.1, 0.15) is 52.7 Å². The molecule has 1 aliphatic heterocycles. The molecule has 2 N–H and O–H groups in total. The van der Waals surface area contributed by atoms with Crippen LogP contribution in [0.3, 0.4) is 0 Å². The van der Waals surface area contributed by atoms with Crippen molar-refractivity contribution in [2.24, 2.45) is 0 Å². The molecular formula is C25H28N6O2. The van der Waals surface area contributed by atoms with Crippen molar-refractivity contribution in [1.82, 2.24) is 29.6 Å². The summed E-state index contributed by atoms with van der Waals surface area (Å²) < 4.78 is 3.15. The monoisotopic (exact) mass is 444 g/mol. The molecule has 1 amide bonds. The maximum absolute atomic E-state index is 13.1. The van der Waals surface area contributed by atoms with Crippen LogP contribution < -0.4 is 11.0 Å². The number of nitrogens with zero attached hydrogens (tertiary/aromatic N) is 4. The molecule has 2 aromatic carbocycles. The van der Waals surface area contributed by atoms with Crippen molar-refractivity contribution in [2.45, 2.75) is 59.2 Å². The van der Waals surface area contributed by atoms with Crippen LogP contribution >= 0.6 is 0 Å². The average molecular weight is 445 g/mol. The fourth-order valence-electron chi connectivity index (χ4n) is 4.55. The fourth-order valence-corrected chi connectivity index (χ4v) is 4.55. The Balaban J connectivity index is 1.35. The smallest absolute Gasteiger partial charge is 0.346 e. The maximum Gasteiger partial charge on any atom is 0.346 e. The second-order valence-corrected chi connectivity index (χ2v) is 9.00. The van der Waals surface area contributed by atoms with Crippen LogP contribution in [-0.2, 0) is 24.4 Å². The molecule has 0 spiro atoms. The topological polar surface area (TPSA) is 97.6 Å². The zero-order valence-electron chi connectivity index (χ0n) is 19.2. The van der Waals surface area contributed by atoms with Crippen LogP contribution in [0.25, 0.3) is 11.0 Å². The predicted octanol–water partition coefficient (Wildman–Crippen LogP) is 3.09. The van der Waals surface area contributed by atoms with Gasteiger partial charge >= 0.3 is 5.69 Å². The standard InChI is InChI=1S/C25H28N6O2/c1-15-6-8-17(3)18(11-15)14-31-25(33)30-10-4-5-19(23(30)29-31)24(32)26-13-22-27-20-9-7-16(2)12-21(20)28-22/h6-9,11-12,19H,4-5,10,13-14H2,1-3H3,(H,26,32)(H,27,28). The van der Waals surface area contributed by atoms with E-state index in [2.05, 4.69) is 38.6 Å². The first-order chi connectivity index (χ1) is 15.9. The summed E-state index contributed by atoms with van der Waals surface area (Å²) in [6, 6.07) is 12.2. The molecule has 170 valence electrons. The summed E-state index contributed by atoms with van der Waals surface area (Å²) in [6.07, 6.45) is 1.44.